The molecule has 0 bridgehead atoms. The molecule has 1 saturated heterocycles. The van der Waals surface area contributed by atoms with E-state index in [-0.39, 0.29) is 10.8 Å². The van der Waals surface area contributed by atoms with Gasteiger partial charge in [0, 0.05) is 32.9 Å². The number of hydrogen-bond donors (Lipinski definition) is 1. The van der Waals surface area contributed by atoms with E-state index < -0.39 is 10.0 Å². The summed E-state index contributed by atoms with van der Waals surface area (Å²) in [4.78, 5) is 15.3. The van der Waals surface area contributed by atoms with E-state index in [2.05, 4.69) is 17.1 Å². The number of nitrogens with one attached hydrogen (secondary N) is 1. The first-order chi connectivity index (χ1) is 14.9. The summed E-state index contributed by atoms with van der Waals surface area (Å²) >= 11 is 0. The van der Waals surface area contributed by atoms with Crippen molar-refractivity contribution in [1.82, 2.24) is 14.8 Å². The van der Waals surface area contributed by atoms with E-state index >= 15 is 0 Å². The maximum Gasteiger partial charge on any atom is 0.267 e. The Morgan fingerprint density at radius 1 is 1.23 bits per heavy atom. The topological polar surface area (TPSA) is 74.7 Å². The molecule has 2 aliphatic rings. The number of aromatic nitrogens is 1. The van der Waals surface area contributed by atoms with Crippen LogP contribution in [0.25, 0.3) is 0 Å². The van der Waals surface area contributed by atoms with E-state index in [1.165, 1.54) is 29.4 Å². The highest BCUT2D eigenvalue weighted by Crippen LogP contribution is 2.33. The molecule has 4 rings (SSSR count). The first-order valence-corrected chi connectivity index (χ1v) is 12.6. The molecule has 2 aliphatic heterocycles. The van der Waals surface area contributed by atoms with Crippen molar-refractivity contribution in [3.63, 3.8) is 0 Å². The molecule has 1 fully saturated rings. The minimum Gasteiger partial charge on any atom is -0.351 e. The molecule has 1 aromatic carbocycles. The van der Waals surface area contributed by atoms with E-state index in [1.807, 2.05) is 24.3 Å². The van der Waals surface area contributed by atoms with Crippen molar-refractivity contribution in [1.29, 1.82) is 0 Å². The molecule has 8 heteroatoms. The normalized spacial score (nSPS) is 19.4. The molecule has 3 heterocycles. The molecule has 1 amide bonds. The summed E-state index contributed by atoms with van der Waals surface area (Å²) in [5, 5.41) is 2.95. The Balaban J connectivity index is 1.37. The predicted molar refractivity (Wildman–Crippen MR) is 122 cm³/mol. The fourth-order valence-electron chi connectivity index (χ4n) is 4.67. The summed E-state index contributed by atoms with van der Waals surface area (Å²) in [6.07, 6.45) is 5.66. The fraction of sp³-hybridized carbons (Fsp3) is 0.522. The Bertz CT molecular complexity index is 1050. The van der Waals surface area contributed by atoms with E-state index in [0.29, 0.717) is 25.2 Å². The standard InChI is InChI=1S/C23H32N4O3S/c1-18-7-5-12-26(16-18)13-6-11-24-23(28)22-15-20(17-25(22)2)31(29,30)27-14-10-19-8-3-4-9-21(19)27/h3-4,8-9,15,17-18H,5-7,10-14,16H2,1-2H3,(H,24,28). The number of rotatable bonds is 7. The zero-order valence-electron chi connectivity index (χ0n) is 18.4. The van der Waals surface area contributed by atoms with Crippen molar-refractivity contribution < 1.29 is 13.2 Å². The van der Waals surface area contributed by atoms with E-state index in [0.717, 1.165) is 43.2 Å². The monoisotopic (exact) mass is 444 g/mol. The van der Waals surface area contributed by atoms with Crippen LogP contribution in [0.15, 0.2) is 41.4 Å². The van der Waals surface area contributed by atoms with Crippen molar-refractivity contribution in [2.45, 2.75) is 37.5 Å². The first-order valence-electron chi connectivity index (χ1n) is 11.1. The molecule has 0 radical (unpaired) electrons. The zero-order chi connectivity index (χ0) is 22.0. The molecule has 1 unspecified atom stereocenters. The summed E-state index contributed by atoms with van der Waals surface area (Å²) < 4.78 is 29.5. The van der Waals surface area contributed by atoms with Crippen molar-refractivity contribution in [2.75, 3.05) is 37.0 Å². The molecule has 7 nitrogen and oxygen atoms in total. The van der Waals surface area contributed by atoms with Gasteiger partial charge < -0.3 is 14.8 Å². The van der Waals surface area contributed by atoms with Crippen LogP contribution >= 0.6 is 0 Å². The van der Waals surface area contributed by atoms with Gasteiger partial charge >= 0.3 is 0 Å². The molecule has 1 aromatic heterocycles. The Kier molecular flexibility index (Phi) is 6.39. The van der Waals surface area contributed by atoms with Crippen LogP contribution in [0.5, 0.6) is 0 Å². The number of anilines is 1. The summed E-state index contributed by atoms with van der Waals surface area (Å²) in [5.41, 5.74) is 2.12. The first kappa shape index (κ1) is 21.9. The number of hydrogen-bond acceptors (Lipinski definition) is 4. The molecule has 0 spiro atoms. The Morgan fingerprint density at radius 2 is 2.03 bits per heavy atom. The van der Waals surface area contributed by atoms with Gasteiger partial charge in [-0.3, -0.25) is 9.10 Å². The van der Waals surface area contributed by atoms with Gasteiger partial charge in [-0.15, -0.1) is 0 Å². The number of benzene rings is 1. The Morgan fingerprint density at radius 3 is 2.84 bits per heavy atom. The number of fused-ring (bicyclic) bond motifs is 1. The molecule has 1 N–H and O–H groups in total. The predicted octanol–water partition coefficient (Wildman–Crippen LogP) is 2.63. The van der Waals surface area contributed by atoms with Crippen LogP contribution < -0.4 is 9.62 Å². The zero-order valence-corrected chi connectivity index (χ0v) is 19.2. The summed E-state index contributed by atoms with van der Waals surface area (Å²) in [6.45, 7) is 6.54. The molecule has 0 saturated carbocycles. The van der Waals surface area contributed by atoms with Crippen LogP contribution in [0.2, 0.25) is 0 Å². The summed E-state index contributed by atoms with van der Waals surface area (Å²) in [5.74, 6) is 0.507. The van der Waals surface area contributed by atoms with Gasteiger partial charge in [-0.25, -0.2) is 8.42 Å². The number of piperidine rings is 1. The van der Waals surface area contributed by atoms with Gasteiger partial charge in [0.05, 0.1) is 5.69 Å². The molecular weight excluding hydrogens is 412 g/mol. The van der Waals surface area contributed by atoms with Crippen molar-refractivity contribution in [3.05, 3.63) is 47.8 Å². The SMILES string of the molecule is CC1CCCN(CCCNC(=O)c2cc(S(=O)(=O)N3CCc4ccccc43)cn2C)C1. The van der Waals surface area contributed by atoms with Gasteiger partial charge in [0.2, 0.25) is 0 Å². The summed E-state index contributed by atoms with van der Waals surface area (Å²) in [6, 6.07) is 9.05. The number of carbonyl (C=O) groups is 1. The lowest BCUT2D eigenvalue weighted by molar-refractivity contribution is 0.0942. The number of aryl methyl sites for hydroxylation is 1. The average molecular weight is 445 g/mol. The van der Waals surface area contributed by atoms with E-state index in [1.54, 1.807) is 11.6 Å². The van der Waals surface area contributed by atoms with Gasteiger partial charge in [-0.1, -0.05) is 25.1 Å². The Hall–Kier alpha value is -2.32. The number of sulfonamides is 1. The maximum atomic E-state index is 13.2. The maximum absolute atomic E-state index is 13.2. The van der Waals surface area contributed by atoms with Crippen molar-refractivity contribution >= 4 is 21.6 Å². The van der Waals surface area contributed by atoms with Crippen LogP contribution in [0, 0.1) is 5.92 Å². The van der Waals surface area contributed by atoms with Crippen LogP contribution in [0.3, 0.4) is 0 Å². The number of carbonyl (C=O) groups excluding carboxylic acids is 1. The second kappa shape index (κ2) is 9.04. The van der Waals surface area contributed by atoms with Gasteiger partial charge in [-0.2, -0.15) is 0 Å². The van der Waals surface area contributed by atoms with Crippen LogP contribution in [0.1, 0.15) is 42.2 Å². The number of amides is 1. The molecule has 168 valence electrons. The lowest BCUT2D eigenvalue weighted by Crippen LogP contribution is -2.36. The third kappa shape index (κ3) is 4.65. The van der Waals surface area contributed by atoms with Gasteiger partial charge in [0.25, 0.3) is 15.9 Å². The van der Waals surface area contributed by atoms with Crippen LogP contribution in [-0.4, -0.2) is 56.5 Å². The highest BCUT2D eigenvalue weighted by Gasteiger charge is 2.32. The highest BCUT2D eigenvalue weighted by molar-refractivity contribution is 7.92. The van der Waals surface area contributed by atoms with Gasteiger partial charge in [0.15, 0.2) is 0 Å². The second-order valence-electron chi connectivity index (χ2n) is 8.79. The van der Waals surface area contributed by atoms with Gasteiger partial charge in [-0.05, 0) is 62.4 Å². The fourth-order valence-corrected chi connectivity index (χ4v) is 6.25. The summed E-state index contributed by atoms with van der Waals surface area (Å²) in [7, 11) is -2.00. The largest absolute Gasteiger partial charge is 0.351 e. The average Bonchev–Trinajstić information content (AvgIpc) is 3.36. The molecule has 1 atom stereocenters. The molecule has 2 aromatic rings. The number of nitrogens with zero attached hydrogens (tertiary/aromatic N) is 3. The third-order valence-electron chi connectivity index (χ3n) is 6.32. The van der Waals surface area contributed by atoms with E-state index in [4.69, 9.17) is 0 Å². The van der Waals surface area contributed by atoms with Crippen LogP contribution in [0.4, 0.5) is 5.69 Å². The minimum absolute atomic E-state index is 0.152. The lowest BCUT2D eigenvalue weighted by Gasteiger charge is -2.30. The third-order valence-corrected chi connectivity index (χ3v) is 8.10. The quantitative estimate of drug-likeness (QED) is 0.667. The molecular formula is C23H32N4O3S. The number of para-hydroxylation sites is 1. The van der Waals surface area contributed by atoms with Gasteiger partial charge in [0.1, 0.15) is 10.6 Å². The Labute approximate surface area is 185 Å². The molecule has 0 aliphatic carbocycles. The molecule has 31 heavy (non-hydrogen) atoms. The highest BCUT2D eigenvalue weighted by atomic mass is 32.2. The van der Waals surface area contributed by atoms with Crippen molar-refractivity contribution in [3.8, 4) is 0 Å². The second-order valence-corrected chi connectivity index (χ2v) is 10.6. The lowest BCUT2D eigenvalue weighted by atomic mass is 10.0. The minimum atomic E-state index is -3.71. The van der Waals surface area contributed by atoms with Crippen molar-refractivity contribution in [2.24, 2.45) is 13.0 Å². The van der Waals surface area contributed by atoms with E-state index in [9.17, 15) is 13.2 Å². The smallest absolute Gasteiger partial charge is 0.267 e. The number of likely N-dealkylation sites (tertiary alicyclic amines) is 1. The van der Waals surface area contributed by atoms with Crippen LogP contribution in [-0.2, 0) is 23.5 Å².